The van der Waals surface area contributed by atoms with Crippen LogP contribution in [0.25, 0.3) is 0 Å². The van der Waals surface area contributed by atoms with Gasteiger partial charge in [-0.15, -0.1) is 0 Å². The van der Waals surface area contributed by atoms with Crippen molar-refractivity contribution in [2.75, 3.05) is 6.61 Å². The highest BCUT2D eigenvalue weighted by molar-refractivity contribution is 7.89. The number of benzene rings is 2. The lowest BCUT2D eigenvalue weighted by Gasteiger charge is -2.28. The van der Waals surface area contributed by atoms with E-state index in [0.29, 0.717) is 5.75 Å². The molecule has 11 heteroatoms. The summed E-state index contributed by atoms with van der Waals surface area (Å²) in [6.45, 7) is 0.00295. The fraction of sp³-hybridized carbons (Fsp3) is 0.263. The Kier molecular flexibility index (Phi) is 6.06. The number of primary amides is 1. The molecule has 3 rings (SSSR count). The molecule has 4 N–H and O–H groups in total. The molecule has 1 fully saturated rings. The highest BCUT2D eigenvalue weighted by atomic mass is 32.2. The Morgan fingerprint density at radius 2 is 1.83 bits per heavy atom. The third-order valence-corrected chi connectivity index (χ3v) is 6.16. The molecule has 30 heavy (non-hydrogen) atoms. The lowest BCUT2D eigenvalue weighted by Crippen LogP contribution is -2.62. The standard InChI is InChI=1S/C19H19FN2O7S/c20-13-3-1-12(2-4-13)11-29-14-5-7-15(8-6-14)30(26,27)22-19(18(24)25)9-10-28-16(19)17(21)23/h1-8,16,22H,9-11H2,(H2,21,23)(H,24,25). The SMILES string of the molecule is NC(=O)C1OCCC1(NS(=O)(=O)c1ccc(OCc2ccc(F)cc2)cc1)C(=O)O. The maximum atomic E-state index is 12.9. The smallest absolute Gasteiger partial charge is 0.328 e. The lowest BCUT2D eigenvalue weighted by molar-refractivity contribution is -0.150. The van der Waals surface area contributed by atoms with Gasteiger partial charge in [-0.25, -0.2) is 12.8 Å². The maximum Gasteiger partial charge on any atom is 0.328 e. The van der Waals surface area contributed by atoms with Crippen LogP contribution in [0, 0.1) is 5.82 Å². The Bertz CT molecular complexity index is 1040. The zero-order valence-corrected chi connectivity index (χ0v) is 16.4. The van der Waals surface area contributed by atoms with Crippen molar-refractivity contribution in [3.8, 4) is 5.75 Å². The number of nitrogens with one attached hydrogen (secondary N) is 1. The molecule has 1 aliphatic heterocycles. The van der Waals surface area contributed by atoms with Crippen LogP contribution >= 0.6 is 0 Å². The van der Waals surface area contributed by atoms with Gasteiger partial charge in [-0.2, -0.15) is 4.72 Å². The van der Waals surface area contributed by atoms with Gasteiger partial charge in [0.15, 0.2) is 11.6 Å². The van der Waals surface area contributed by atoms with Crippen molar-refractivity contribution in [2.24, 2.45) is 5.73 Å². The van der Waals surface area contributed by atoms with Crippen LogP contribution in [0.2, 0.25) is 0 Å². The molecule has 0 aromatic heterocycles. The van der Waals surface area contributed by atoms with E-state index in [2.05, 4.69) is 4.72 Å². The summed E-state index contributed by atoms with van der Waals surface area (Å²) in [6, 6.07) is 10.9. The first-order valence-electron chi connectivity index (χ1n) is 8.80. The van der Waals surface area contributed by atoms with Crippen LogP contribution in [0.15, 0.2) is 53.4 Å². The first-order valence-corrected chi connectivity index (χ1v) is 10.3. The number of carbonyl (C=O) groups is 2. The van der Waals surface area contributed by atoms with E-state index in [1.165, 1.54) is 36.4 Å². The van der Waals surface area contributed by atoms with Gasteiger partial charge in [-0.3, -0.25) is 9.59 Å². The van der Waals surface area contributed by atoms with Gasteiger partial charge in [0.2, 0.25) is 15.9 Å². The second-order valence-electron chi connectivity index (χ2n) is 6.67. The Morgan fingerprint density at radius 3 is 2.40 bits per heavy atom. The van der Waals surface area contributed by atoms with E-state index in [0.717, 1.165) is 5.56 Å². The third-order valence-electron chi connectivity index (χ3n) is 4.64. The minimum absolute atomic E-state index is 0.140. The van der Waals surface area contributed by atoms with Crippen molar-refractivity contribution in [1.82, 2.24) is 4.72 Å². The van der Waals surface area contributed by atoms with Crippen molar-refractivity contribution < 1.29 is 37.0 Å². The quantitative estimate of drug-likeness (QED) is 0.552. The van der Waals surface area contributed by atoms with E-state index in [1.54, 1.807) is 12.1 Å². The second-order valence-corrected chi connectivity index (χ2v) is 8.35. The summed E-state index contributed by atoms with van der Waals surface area (Å²) in [5.41, 5.74) is 3.71. The summed E-state index contributed by atoms with van der Waals surface area (Å²) in [4.78, 5) is 23.1. The van der Waals surface area contributed by atoms with Crippen LogP contribution in [-0.4, -0.2) is 43.7 Å². The van der Waals surface area contributed by atoms with Crippen molar-refractivity contribution >= 4 is 21.9 Å². The molecular weight excluding hydrogens is 419 g/mol. The molecule has 1 heterocycles. The molecule has 2 unspecified atom stereocenters. The average molecular weight is 438 g/mol. The summed E-state index contributed by atoms with van der Waals surface area (Å²) < 4.78 is 51.0. The van der Waals surface area contributed by atoms with E-state index in [4.69, 9.17) is 15.2 Å². The Balaban J connectivity index is 1.75. The van der Waals surface area contributed by atoms with E-state index in [9.17, 15) is 27.5 Å². The first kappa shape index (κ1) is 21.7. The van der Waals surface area contributed by atoms with Crippen molar-refractivity contribution in [3.63, 3.8) is 0 Å². The number of carboxylic acids is 1. The van der Waals surface area contributed by atoms with E-state index in [1.807, 2.05) is 0 Å². The molecular formula is C19H19FN2O7S. The molecule has 1 saturated heterocycles. The van der Waals surface area contributed by atoms with Crippen LogP contribution in [0.3, 0.4) is 0 Å². The Labute approximate surface area is 171 Å². The number of carbonyl (C=O) groups excluding carboxylic acids is 1. The van der Waals surface area contributed by atoms with Crippen LogP contribution in [0.4, 0.5) is 4.39 Å². The number of carboxylic acid groups (broad SMARTS) is 1. The number of hydrogen-bond acceptors (Lipinski definition) is 6. The molecule has 0 bridgehead atoms. The molecule has 2 aromatic carbocycles. The largest absolute Gasteiger partial charge is 0.489 e. The molecule has 160 valence electrons. The van der Waals surface area contributed by atoms with Crippen molar-refractivity contribution in [2.45, 2.75) is 29.6 Å². The van der Waals surface area contributed by atoms with Gasteiger partial charge in [0.05, 0.1) is 11.5 Å². The highest BCUT2D eigenvalue weighted by Crippen LogP contribution is 2.29. The highest BCUT2D eigenvalue weighted by Gasteiger charge is 2.56. The summed E-state index contributed by atoms with van der Waals surface area (Å²) in [5, 5.41) is 9.57. The van der Waals surface area contributed by atoms with Gasteiger partial charge >= 0.3 is 5.97 Å². The second kappa shape index (κ2) is 8.38. The fourth-order valence-electron chi connectivity index (χ4n) is 3.06. The zero-order chi connectivity index (χ0) is 21.9. The molecule has 0 saturated carbocycles. The van der Waals surface area contributed by atoms with E-state index >= 15 is 0 Å². The van der Waals surface area contributed by atoms with Crippen LogP contribution in [0.5, 0.6) is 5.75 Å². The molecule has 2 atom stereocenters. The summed E-state index contributed by atoms with van der Waals surface area (Å²) in [7, 11) is -4.32. The average Bonchev–Trinajstić information content (AvgIpc) is 3.12. The predicted molar refractivity (Wildman–Crippen MR) is 101 cm³/mol. The van der Waals surface area contributed by atoms with Gasteiger partial charge in [-0.1, -0.05) is 12.1 Å². The number of sulfonamides is 1. The zero-order valence-electron chi connectivity index (χ0n) is 15.6. The maximum absolute atomic E-state index is 12.9. The van der Waals surface area contributed by atoms with Crippen molar-refractivity contribution in [3.05, 3.63) is 59.9 Å². The van der Waals surface area contributed by atoms with Crippen molar-refractivity contribution in [1.29, 1.82) is 0 Å². The van der Waals surface area contributed by atoms with E-state index in [-0.39, 0.29) is 30.3 Å². The Morgan fingerprint density at radius 1 is 1.20 bits per heavy atom. The molecule has 1 amide bonds. The predicted octanol–water partition coefficient (Wildman–Crippen LogP) is 0.781. The summed E-state index contributed by atoms with van der Waals surface area (Å²) >= 11 is 0. The normalized spacial score (nSPS) is 21.3. The number of ether oxygens (including phenoxy) is 2. The molecule has 2 aromatic rings. The minimum Gasteiger partial charge on any atom is -0.489 e. The van der Waals surface area contributed by atoms with Gasteiger partial charge in [0.1, 0.15) is 18.2 Å². The number of aliphatic carboxylic acids is 1. The lowest BCUT2D eigenvalue weighted by atomic mass is 9.92. The van der Waals surface area contributed by atoms with Crippen LogP contribution in [-0.2, 0) is 31.0 Å². The van der Waals surface area contributed by atoms with Gasteiger partial charge in [-0.05, 0) is 42.0 Å². The topological polar surface area (TPSA) is 145 Å². The number of rotatable bonds is 8. The van der Waals surface area contributed by atoms with Crippen LogP contribution in [0.1, 0.15) is 12.0 Å². The number of nitrogens with two attached hydrogens (primary N) is 1. The summed E-state index contributed by atoms with van der Waals surface area (Å²) in [6.07, 6.45) is -1.89. The van der Waals surface area contributed by atoms with Gasteiger partial charge < -0.3 is 20.3 Å². The molecule has 0 aliphatic carbocycles. The van der Waals surface area contributed by atoms with E-state index < -0.39 is 33.5 Å². The third kappa shape index (κ3) is 4.42. The first-order chi connectivity index (χ1) is 14.1. The molecule has 9 nitrogen and oxygen atoms in total. The number of halogens is 1. The fourth-order valence-corrected chi connectivity index (χ4v) is 4.45. The molecule has 0 spiro atoms. The molecule has 1 aliphatic rings. The number of hydrogen-bond donors (Lipinski definition) is 3. The number of amides is 1. The minimum atomic E-state index is -4.32. The Hall–Kier alpha value is -3.02. The monoisotopic (exact) mass is 438 g/mol. The van der Waals surface area contributed by atoms with Gasteiger partial charge in [0, 0.05) is 6.42 Å². The summed E-state index contributed by atoms with van der Waals surface area (Å²) in [5.74, 6) is -2.66. The molecule has 0 radical (unpaired) electrons. The van der Waals surface area contributed by atoms with Crippen LogP contribution < -0.4 is 15.2 Å². The van der Waals surface area contributed by atoms with Gasteiger partial charge in [0.25, 0.3) is 0 Å².